The summed E-state index contributed by atoms with van der Waals surface area (Å²) in [7, 11) is -3.40. The Bertz CT molecular complexity index is 732. The van der Waals surface area contributed by atoms with Crippen molar-refractivity contribution < 1.29 is 17.9 Å². The zero-order valence-corrected chi connectivity index (χ0v) is 17.1. The van der Waals surface area contributed by atoms with Gasteiger partial charge in [-0.05, 0) is 50.8 Å². The number of sulfonamides is 1. The van der Waals surface area contributed by atoms with Gasteiger partial charge in [0.05, 0.1) is 17.1 Å². The predicted octanol–water partition coefficient (Wildman–Crippen LogP) is 2.43. The van der Waals surface area contributed by atoms with Crippen LogP contribution in [0.1, 0.15) is 45.1 Å². The maximum absolute atomic E-state index is 12.7. The van der Waals surface area contributed by atoms with Crippen molar-refractivity contribution in [2.24, 2.45) is 0 Å². The lowest BCUT2D eigenvalue weighted by Gasteiger charge is -2.35. The SMILES string of the molecule is C[C@@H]1CN(C(=O)CCc2ccc(S(=O)(=O)N3CCCCC3)cc2)C[C@H](C)O1. The minimum absolute atomic E-state index is 0.0666. The van der Waals surface area contributed by atoms with Gasteiger partial charge in [0.2, 0.25) is 15.9 Å². The number of hydrogen-bond acceptors (Lipinski definition) is 4. The summed E-state index contributed by atoms with van der Waals surface area (Å²) in [6.07, 6.45) is 4.13. The lowest BCUT2D eigenvalue weighted by molar-refractivity contribution is -0.143. The van der Waals surface area contributed by atoms with Gasteiger partial charge in [-0.2, -0.15) is 4.31 Å². The van der Waals surface area contributed by atoms with Gasteiger partial charge in [0.1, 0.15) is 0 Å². The predicted molar refractivity (Wildman–Crippen MR) is 104 cm³/mol. The molecule has 3 rings (SSSR count). The van der Waals surface area contributed by atoms with Crippen LogP contribution in [0, 0.1) is 0 Å². The van der Waals surface area contributed by atoms with E-state index in [1.54, 1.807) is 16.4 Å². The number of morpholine rings is 1. The number of hydrogen-bond donors (Lipinski definition) is 0. The van der Waals surface area contributed by atoms with Crippen LogP contribution in [0.3, 0.4) is 0 Å². The molecule has 7 heteroatoms. The van der Waals surface area contributed by atoms with E-state index in [2.05, 4.69) is 0 Å². The Kier molecular flexibility index (Phi) is 6.55. The summed E-state index contributed by atoms with van der Waals surface area (Å²) in [5, 5.41) is 0. The first-order valence-electron chi connectivity index (χ1n) is 9.88. The average Bonchev–Trinajstić information content (AvgIpc) is 2.66. The second-order valence-electron chi connectivity index (χ2n) is 7.66. The van der Waals surface area contributed by atoms with Crippen molar-refractivity contribution in [1.29, 1.82) is 0 Å². The summed E-state index contributed by atoms with van der Waals surface area (Å²) in [5.41, 5.74) is 0.982. The largest absolute Gasteiger partial charge is 0.372 e. The van der Waals surface area contributed by atoms with E-state index in [0.717, 1.165) is 24.8 Å². The fourth-order valence-electron chi connectivity index (χ4n) is 3.87. The molecule has 27 heavy (non-hydrogen) atoms. The smallest absolute Gasteiger partial charge is 0.243 e. The number of rotatable bonds is 5. The summed E-state index contributed by atoms with van der Waals surface area (Å²) < 4.78 is 32.6. The molecule has 2 heterocycles. The van der Waals surface area contributed by atoms with E-state index in [0.29, 0.717) is 43.9 Å². The van der Waals surface area contributed by atoms with Gasteiger partial charge in [0.25, 0.3) is 0 Å². The van der Waals surface area contributed by atoms with E-state index < -0.39 is 10.0 Å². The molecule has 0 spiro atoms. The van der Waals surface area contributed by atoms with Gasteiger partial charge >= 0.3 is 0 Å². The second-order valence-corrected chi connectivity index (χ2v) is 9.60. The summed E-state index contributed by atoms with van der Waals surface area (Å²) in [6.45, 7) is 6.45. The number of nitrogens with zero attached hydrogens (tertiary/aromatic N) is 2. The topological polar surface area (TPSA) is 66.9 Å². The van der Waals surface area contributed by atoms with Crippen molar-refractivity contribution in [3.05, 3.63) is 29.8 Å². The summed E-state index contributed by atoms with van der Waals surface area (Å²) in [4.78, 5) is 14.7. The standard InChI is InChI=1S/C20H30N2O4S/c1-16-14-21(15-17(2)26-16)20(23)11-8-18-6-9-19(10-7-18)27(24,25)22-12-4-3-5-13-22/h6-7,9-10,16-17H,3-5,8,11-15H2,1-2H3/t16-,17+. The van der Waals surface area contributed by atoms with Gasteiger partial charge in [-0.3, -0.25) is 4.79 Å². The van der Waals surface area contributed by atoms with Crippen LogP contribution in [0.2, 0.25) is 0 Å². The van der Waals surface area contributed by atoms with Gasteiger partial charge < -0.3 is 9.64 Å². The molecule has 1 amide bonds. The monoisotopic (exact) mass is 394 g/mol. The fraction of sp³-hybridized carbons (Fsp3) is 0.650. The molecule has 2 aliphatic heterocycles. The maximum atomic E-state index is 12.7. The molecule has 2 aliphatic rings. The number of ether oxygens (including phenoxy) is 1. The number of piperidine rings is 1. The van der Waals surface area contributed by atoms with Crippen molar-refractivity contribution in [3.63, 3.8) is 0 Å². The summed E-state index contributed by atoms with van der Waals surface area (Å²) in [5.74, 6) is 0.127. The van der Waals surface area contributed by atoms with Gasteiger partial charge in [0, 0.05) is 32.6 Å². The molecule has 0 aromatic heterocycles. The van der Waals surface area contributed by atoms with Crippen molar-refractivity contribution in [2.45, 2.75) is 63.1 Å². The van der Waals surface area contributed by atoms with Crippen LogP contribution in [-0.4, -0.2) is 61.9 Å². The van der Waals surface area contributed by atoms with Crippen LogP contribution >= 0.6 is 0 Å². The Balaban J connectivity index is 1.57. The van der Waals surface area contributed by atoms with Crippen molar-refractivity contribution >= 4 is 15.9 Å². The zero-order valence-electron chi connectivity index (χ0n) is 16.3. The molecule has 6 nitrogen and oxygen atoms in total. The highest BCUT2D eigenvalue weighted by atomic mass is 32.2. The molecule has 0 aliphatic carbocycles. The Morgan fingerprint density at radius 3 is 2.22 bits per heavy atom. The van der Waals surface area contributed by atoms with Crippen LogP contribution in [0.5, 0.6) is 0 Å². The van der Waals surface area contributed by atoms with Gasteiger partial charge in [0.15, 0.2) is 0 Å². The first-order chi connectivity index (χ1) is 12.9. The van der Waals surface area contributed by atoms with Crippen LogP contribution in [0.4, 0.5) is 0 Å². The molecule has 0 N–H and O–H groups in total. The molecule has 1 aromatic rings. The minimum atomic E-state index is -3.40. The normalized spacial score (nSPS) is 24.7. The molecule has 2 atom stereocenters. The number of carbonyl (C=O) groups excluding carboxylic acids is 1. The van der Waals surface area contributed by atoms with Gasteiger partial charge in [-0.1, -0.05) is 18.6 Å². The lowest BCUT2D eigenvalue weighted by Crippen LogP contribution is -2.48. The fourth-order valence-corrected chi connectivity index (χ4v) is 5.39. The third-order valence-corrected chi connectivity index (χ3v) is 7.19. The van der Waals surface area contributed by atoms with E-state index in [-0.39, 0.29) is 18.1 Å². The molecule has 2 saturated heterocycles. The van der Waals surface area contributed by atoms with E-state index in [1.807, 2.05) is 30.9 Å². The Morgan fingerprint density at radius 1 is 1.04 bits per heavy atom. The summed E-state index contributed by atoms with van der Waals surface area (Å²) in [6, 6.07) is 6.99. The van der Waals surface area contributed by atoms with Crippen molar-refractivity contribution in [1.82, 2.24) is 9.21 Å². The Labute approximate surface area is 162 Å². The second kappa shape index (κ2) is 8.71. The third-order valence-electron chi connectivity index (χ3n) is 5.28. The lowest BCUT2D eigenvalue weighted by atomic mass is 10.1. The molecule has 0 radical (unpaired) electrons. The van der Waals surface area contributed by atoms with Crippen LogP contribution in [-0.2, 0) is 26.0 Å². The molecule has 1 aromatic carbocycles. The van der Waals surface area contributed by atoms with E-state index >= 15 is 0 Å². The summed E-state index contributed by atoms with van der Waals surface area (Å²) >= 11 is 0. The molecular weight excluding hydrogens is 364 g/mol. The molecular formula is C20H30N2O4S. The molecule has 0 bridgehead atoms. The highest BCUT2D eigenvalue weighted by Gasteiger charge is 2.27. The molecule has 2 fully saturated rings. The van der Waals surface area contributed by atoms with Crippen LogP contribution < -0.4 is 0 Å². The highest BCUT2D eigenvalue weighted by Crippen LogP contribution is 2.21. The third kappa shape index (κ3) is 5.09. The quantitative estimate of drug-likeness (QED) is 0.769. The van der Waals surface area contributed by atoms with Gasteiger partial charge in [-0.25, -0.2) is 8.42 Å². The first kappa shape index (κ1) is 20.3. The molecule has 0 saturated carbocycles. The van der Waals surface area contributed by atoms with Crippen LogP contribution in [0.15, 0.2) is 29.2 Å². The molecule has 150 valence electrons. The Hall–Kier alpha value is -1.44. The number of carbonyl (C=O) groups is 1. The van der Waals surface area contributed by atoms with E-state index in [1.165, 1.54) is 0 Å². The highest BCUT2D eigenvalue weighted by molar-refractivity contribution is 7.89. The zero-order chi connectivity index (χ0) is 19.4. The Morgan fingerprint density at radius 2 is 1.63 bits per heavy atom. The number of aryl methyl sites for hydroxylation is 1. The van der Waals surface area contributed by atoms with E-state index in [9.17, 15) is 13.2 Å². The van der Waals surface area contributed by atoms with Crippen molar-refractivity contribution in [3.8, 4) is 0 Å². The first-order valence-corrected chi connectivity index (χ1v) is 11.3. The van der Waals surface area contributed by atoms with Crippen LogP contribution in [0.25, 0.3) is 0 Å². The molecule has 0 unspecified atom stereocenters. The van der Waals surface area contributed by atoms with E-state index in [4.69, 9.17) is 4.74 Å². The maximum Gasteiger partial charge on any atom is 0.243 e. The number of amides is 1. The van der Waals surface area contributed by atoms with Gasteiger partial charge in [-0.15, -0.1) is 0 Å². The number of benzene rings is 1. The minimum Gasteiger partial charge on any atom is -0.372 e. The average molecular weight is 395 g/mol. The van der Waals surface area contributed by atoms with Crippen molar-refractivity contribution in [2.75, 3.05) is 26.2 Å².